The van der Waals surface area contributed by atoms with Crippen molar-refractivity contribution in [3.05, 3.63) is 24.3 Å². The maximum absolute atomic E-state index is 10.5. The highest BCUT2D eigenvalue weighted by Gasteiger charge is 2.01. The molecule has 75 heavy (non-hydrogen) atoms. The van der Waals surface area contributed by atoms with E-state index in [9.17, 15) is 9.59 Å². The van der Waals surface area contributed by atoms with Crippen molar-refractivity contribution in [2.45, 2.75) is 417 Å². The summed E-state index contributed by atoms with van der Waals surface area (Å²) in [4.78, 5) is 20.9. The molecule has 0 saturated carbocycles. The SMILES string of the molecule is O=C(O)C=CCCCCCCCCCCCCCCCCCCCCCCCCCCCCCCCCCCCCCCCCCCCCCCCCCCCCCCCCCCCCCCCCCC=CC(=O)O. The fourth-order valence-electron chi connectivity index (χ4n) is 11.7. The third kappa shape index (κ3) is 72.4. The van der Waals surface area contributed by atoms with E-state index in [0.717, 1.165) is 25.7 Å². The maximum Gasteiger partial charge on any atom is 0.327 e. The van der Waals surface area contributed by atoms with Crippen molar-refractivity contribution in [3.63, 3.8) is 0 Å². The molecule has 0 saturated heterocycles. The monoisotopic (exact) mass is 1050 g/mol. The minimum absolute atomic E-state index is 0.828. The first-order valence-electron chi connectivity index (χ1n) is 34.9. The molecule has 0 spiro atoms. The summed E-state index contributed by atoms with van der Waals surface area (Å²) in [5.41, 5.74) is 0. The molecule has 4 nitrogen and oxygen atoms in total. The Morgan fingerprint density at radius 2 is 0.240 bits per heavy atom. The van der Waals surface area contributed by atoms with E-state index < -0.39 is 11.9 Å². The first-order chi connectivity index (χ1) is 37.1. The van der Waals surface area contributed by atoms with Gasteiger partial charge in [0.1, 0.15) is 0 Å². The molecule has 0 aliphatic heterocycles. The van der Waals surface area contributed by atoms with Gasteiger partial charge in [-0.2, -0.15) is 0 Å². The van der Waals surface area contributed by atoms with Crippen LogP contribution in [0.5, 0.6) is 0 Å². The van der Waals surface area contributed by atoms with E-state index in [1.807, 2.05) is 0 Å². The Bertz CT molecular complexity index is 1040. The van der Waals surface area contributed by atoms with Gasteiger partial charge in [0.25, 0.3) is 0 Å². The number of unbranched alkanes of at least 4 members (excludes halogenated alkanes) is 64. The third-order valence-corrected chi connectivity index (χ3v) is 16.8. The largest absolute Gasteiger partial charge is 0.478 e. The van der Waals surface area contributed by atoms with Crippen LogP contribution in [0.25, 0.3) is 0 Å². The second-order valence-electron chi connectivity index (χ2n) is 24.3. The molecular weight excluding hydrogens is 917 g/mol. The summed E-state index contributed by atoms with van der Waals surface area (Å²) in [5.74, 6) is -1.66. The van der Waals surface area contributed by atoms with Crippen molar-refractivity contribution in [1.82, 2.24) is 0 Å². The second-order valence-corrected chi connectivity index (χ2v) is 24.3. The highest BCUT2D eigenvalue weighted by molar-refractivity contribution is 5.79. The molecule has 0 aliphatic carbocycles. The first-order valence-corrected chi connectivity index (χ1v) is 34.9. The zero-order valence-electron chi connectivity index (χ0n) is 51.0. The van der Waals surface area contributed by atoms with Gasteiger partial charge >= 0.3 is 11.9 Å². The number of carboxylic acids is 2. The Morgan fingerprint density at radius 3 is 0.320 bits per heavy atom. The van der Waals surface area contributed by atoms with E-state index >= 15 is 0 Å². The summed E-state index contributed by atoms with van der Waals surface area (Å²) in [6, 6.07) is 0. The molecule has 0 aromatic carbocycles. The van der Waals surface area contributed by atoms with Gasteiger partial charge in [-0.3, -0.25) is 0 Å². The van der Waals surface area contributed by atoms with Crippen LogP contribution in [0.4, 0.5) is 0 Å². The van der Waals surface area contributed by atoms with Crippen LogP contribution >= 0.6 is 0 Å². The van der Waals surface area contributed by atoms with Crippen LogP contribution < -0.4 is 0 Å². The van der Waals surface area contributed by atoms with Crippen LogP contribution in [0.15, 0.2) is 24.3 Å². The average molecular weight is 1050 g/mol. The highest BCUT2D eigenvalue weighted by Crippen LogP contribution is 2.20. The lowest BCUT2D eigenvalue weighted by Gasteiger charge is -2.05. The lowest BCUT2D eigenvalue weighted by Crippen LogP contribution is -1.86. The topological polar surface area (TPSA) is 74.6 Å². The Labute approximate surface area is 471 Å². The quantitative estimate of drug-likeness (QED) is 0.0470. The number of hydrogen-bond acceptors (Lipinski definition) is 2. The molecule has 0 bridgehead atoms. The minimum atomic E-state index is -0.828. The Balaban J connectivity index is 3.09. The van der Waals surface area contributed by atoms with Gasteiger partial charge in [-0.1, -0.05) is 404 Å². The van der Waals surface area contributed by atoms with E-state index in [1.165, 1.54) is 404 Å². The summed E-state index contributed by atoms with van der Waals surface area (Å²) < 4.78 is 0. The van der Waals surface area contributed by atoms with E-state index in [0.29, 0.717) is 0 Å². The highest BCUT2D eigenvalue weighted by atomic mass is 16.4. The summed E-state index contributed by atoms with van der Waals surface area (Å²) in [5, 5.41) is 17.2. The van der Waals surface area contributed by atoms with E-state index in [1.54, 1.807) is 12.2 Å². The number of allylic oxidation sites excluding steroid dienone is 2. The molecular formula is C71H136O4. The summed E-state index contributed by atoms with van der Waals surface area (Å²) in [7, 11) is 0. The van der Waals surface area contributed by atoms with Crippen molar-refractivity contribution in [2.75, 3.05) is 0 Å². The molecule has 0 heterocycles. The van der Waals surface area contributed by atoms with Gasteiger partial charge in [0.15, 0.2) is 0 Å². The van der Waals surface area contributed by atoms with E-state index in [-0.39, 0.29) is 0 Å². The molecule has 4 heteroatoms. The fraction of sp³-hybridized carbons (Fsp3) is 0.915. The van der Waals surface area contributed by atoms with Gasteiger partial charge in [-0.05, 0) is 25.7 Å². The molecule has 0 atom stereocenters. The van der Waals surface area contributed by atoms with Gasteiger partial charge in [0, 0.05) is 12.2 Å². The summed E-state index contributed by atoms with van der Waals surface area (Å²) in [6.45, 7) is 0. The van der Waals surface area contributed by atoms with Crippen LogP contribution in [-0.4, -0.2) is 22.2 Å². The first kappa shape index (κ1) is 73.4. The van der Waals surface area contributed by atoms with Crippen LogP contribution in [0, 0.1) is 0 Å². The molecule has 0 aliphatic rings. The lowest BCUT2D eigenvalue weighted by atomic mass is 10.0. The molecule has 0 unspecified atom stereocenters. The van der Waals surface area contributed by atoms with Gasteiger partial charge in [-0.15, -0.1) is 0 Å². The van der Waals surface area contributed by atoms with Gasteiger partial charge in [-0.25, -0.2) is 9.59 Å². The van der Waals surface area contributed by atoms with Crippen molar-refractivity contribution < 1.29 is 19.8 Å². The predicted octanol–water partition coefficient (Wildman–Crippen LogP) is 25.6. The van der Waals surface area contributed by atoms with E-state index in [2.05, 4.69) is 0 Å². The maximum atomic E-state index is 10.5. The number of aliphatic carboxylic acids is 2. The molecule has 0 aromatic rings. The molecule has 0 aromatic heterocycles. The molecule has 0 amide bonds. The van der Waals surface area contributed by atoms with Crippen molar-refractivity contribution in [2.24, 2.45) is 0 Å². The number of rotatable bonds is 68. The molecule has 0 radical (unpaired) electrons. The smallest absolute Gasteiger partial charge is 0.327 e. The number of carboxylic acid groups (broad SMARTS) is 2. The molecule has 0 rings (SSSR count). The molecule has 2 N–H and O–H groups in total. The average Bonchev–Trinajstić information content (AvgIpc) is 3.40. The van der Waals surface area contributed by atoms with Gasteiger partial charge in [0.2, 0.25) is 0 Å². The second kappa shape index (κ2) is 68.5. The van der Waals surface area contributed by atoms with Crippen molar-refractivity contribution in [1.29, 1.82) is 0 Å². The van der Waals surface area contributed by atoms with Crippen LogP contribution in [0.2, 0.25) is 0 Å². The third-order valence-electron chi connectivity index (χ3n) is 16.8. The van der Waals surface area contributed by atoms with Gasteiger partial charge < -0.3 is 10.2 Å². The normalized spacial score (nSPS) is 11.8. The molecule has 0 fully saturated rings. The molecule has 444 valence electrons. The zero-order chi connectivity index (χ0) is 53.9. The number of carbonyl (C=O) groups is 2. The fourth-order valence-corrected chi connectivity index (χ4v) is 11.7. The van der Waals surface area contributed by atoms with Crippen LogP contribution in [0.3, 0.4) is 0 Å². The van der Waals surface area contributed by atoms with E-state index in [4.69, 9.17) is 10.2 Å². The van der Waals surface area contributed by atoms with Gasteiger partial charge in [0.05, 0.1) is 0 Å². The lowest BCUT2D eigenvalue weighted by molar-refractivity contribution is -0.132. The standard InChI is InChI=1S/C71H136O4/c72-70(73)68-66-64-62-60-58-56-54-52-50-48-46-44-42-40-38-36-34-32-30-28-26-24-22-20-18-16-14-12-10-8-6-4-2-1-3-5-7-9-11-13-15-17-19-21-23-25-27-29-31-33-35-37-39-41-43-45-47-49-51-53-55-57-59-61-63-65-67-69-71(74)75/h66-69H,1-65H2,(H,72,73)(H,74,75). The predicted molar refractivity (Wildman–Crippen MR) is 334 cm³/mol. The summed E-state index contributed by atoms with van der Waals surface area (Å²) in [6.07, 6.45) is 98.4. The van der Waals surface area contributed by atoms with Crippen LogP contribution in [0.1, 0.15) is 417 Å². The van der Waals surface area contributed by atoms with Crippen molar-refractivity contribution in [3.8, 4) is 0 Å². The Hall–Kier alpha value is -1.58. The summed E-state index contributed by atoms with van der Waals surface area (Å²) >= 11 is 0. The zero-order valence-corrected chi connectivity index (χ0v) is 51.0. The Morgan fingerprint density at radius 1 is 0.160 bits per heavy atom. The Kier molecular flexibility index (Phi) is 67.1. The van der Waals surface area contributed by atoms with Crippen molar-refractivity contribution >= 4 is 11.9 Å². The minimum Gasteiger partial charge on any atom is -0.478 e. The number of hydrogen-bond donors (Lipinski definition) is 2. The van der Waals surface area contributed by atoms with Crippen LogP contribution in [-0.2, 0) is 9.59 Å².